The summed E-state index contributed by atoms with van der Waals surface area (Å²) in [6.45, 7) is 8.54. The smallest absolute Gasteiger partial charge is 0.343 e. The second-order valence-electron chi connectivity index (χ2n) is 12.5. The summed E-state index contributed by atoms with van der Waals surface area (Å²) in [7, 11) is 0. The molecule has 0 spiro atoms. The van der Waals surface area contributed by atoms with Crippen LogP contribution in [0.3, 0.4) is 0 Å². The highest BCUT2D eigenvalue weighted by Gasteiger charge is 2.48. The first kappa shape index (κ1) is 31.5. The number of ether oxygens (including phenoxy) is 3. The van der Waals surface area contributed by atoms with Gasteiger partial charge in [-0.2, -0.15) is 0 Å². The van der Waals surface area contributed by atoms with Gasteiger partial charge in [-0.25, -0.2) is 4.79 Å². The van der Waals surface area contributed by atoms with Crippen molar-refractivity contribution in [3.63, 3.8) is 0 Å². The maximum absolute atomic E-state index is 12.8. The van der Waals surface area contributed by atoms with E-state index in [9.17, 15) is 4.79 Å². The van der Waals surface area contributed by atoms with Gasteiger partial charge >= 0.3 is 5.97 Å². The van der Waals surface area contributed by atoms with Gasteiger partial charge in [-0.1, -0.05) is 64.5 Å². The monoisotopic (exact) mass is 560 g/mol. The summed E-state index contributed by atoms with van der Waals surface area (Å²) in [6, 6.07) is 15.6. The van der Waals surface area contributed by atoms with Gasteiger partial charge in [-0.3, -0.25) is 0 Å². The van der Waals surface area contributed by atoms with Crippen molar-refractivity contribution in [2.24, 2.45) is 5.41 Å². The Labute approximate surface area is 249 Å². The van der Waals surface area contributed by atoms with Crippen LogP contribution in [0.4, 0.5) is 0 Å². The first-order valence-electron chi connectivity index (χ1n) is 16.3. The molecule has 3 aliphatic carbocycles. The molecule has 0 unspecified atom stereocenters. The molecule has 4 nitrogen and oxygen atoms in total. The lowest BCUT2D eigenvalue weighted by Crippen LogP contribution is -2.44. The van der Waals surface area contributed by atoms with Gasteiger partial charge in [0, 0.05) is 13.2 Å². The fourth-order valence-corrected chi connectivity index (χ4v) is 6.76. The SMILES string of the molecule is [CH2+][CH-]CCCCCOCCC12CCC(c3ccc(C(=O)Oc4ccc(OCCCCCCC)cc4)cc3)(CC1)CC2. The van der Waals surface area contributed by atoms with Crippen LogP contribution in [0.15, 0.2) is 48.5 Å². The third kappa shape index (κ3) is 9.26. The maximum Gasteiger partial charge on any atom is 0.343 e. The maximum atomic E-state index is 12.8. The quantitative estimate of drug-likeness (QED) is 0.0742. The van der Waals surface area contributed by atoms with Gasteiger partial charge < -0.3 is 14.2 Å². The fraction of sp³-hybridized carbons (Fsp3) is 0.595. The minimum atomic E-state index is -0.314. The summed E-state index contributed by atoms with van der Waals surface area (Å²) >= 11 is 0. The molecule has 0 N–H and O–H groups in total. The van der Waals surface area contributed by atoms with Crippen molar-refractivity contribution in [3.8, 4) is 11.5 Å². The van der Waals surface area contributed by atoms with Crippen molar-refractivity contribution in [2.75, 3.05) is 19.8 Å². The average molecular weight is 561 g/mol. The topological polar surface area (TPSA) is 44.8 Å². The van der Waals surface area contributed by atoms with Crippen molar-refractivity contribution in [2.45, 2.75) is 115 Å². The number of hydrogen-bond donors (Lipinski definition) is 0. The Bertz CT molecular complexity index is 1000. The zero-order valence-electron chi connectivity index (χ0n) is 25.5. The first-order chi connectivity index (χ1) is 20.1. The molecule has 224 valence electrons. The van der Waals surface area contributed by atoms with E-state index in [1.54, 1.807) is 0 Å². The standard InChI is InChI=1S/C37H52O4/c1-3-5-7-9-11-28-39-30-27-36-21-24-37(25-22-36,26-23-36)32-15-13-31(14-16-32)35(38)41-34-19-17-33(18-20-34)40-29-12-10-8-6-4-2/h3,13-20H,1,4-12,21-30H2,2H3. The molecule has 0 radical (unpaired) electrons. The van der Waals surface area contributed by atoms with Crippen LogP contribution in [0.2, 0.25) is 0 Å². The molecule has 0 heterocycles. The lowest BCUT2D eigenvalue weighted by atomic mass is 9.51. The number of carbonyl (C=O) groups is 1. The zero-order chi connectivity index (χ0) is 28.8. The molecule has 2 aromatic carbocycles. The molecule has 3 aliphatic rings. The predicted octanol–water partition coefficient (Wildman–Crippen LogP) is 9.85. The molecule has 0 atom stereocenters. The van der Waals surface area contributed by atoms with E-state index < -0.39 is 0 Å². The third-order valence-electron chi connectivity index (χ3n) is 9.66. The highest BCUT2D eigenvalue weighted by Crippen LogP contribution is 2.59. The molecule has 0 saturated heterocycles. The molecule has 4 heteroatoms. The molecule has 2 aromatic rings. The van der Waals surface area contributed by atoms with Gasteiger partial charge in [0.05, 0.1) is 12.2 Å². The van der Waals surface area contributed by atoms with Crippen LogP contribution in [-0.4, -0.2) is 25.8 Å². The van der Waals surface area contributed by atoms with E-state index in [1.807, 2.05) is 42.8 Å². The molecule has 2 bridgehead atoms. The van der Waals surface area contributed by atoms with Crippen molar-refractivity contribution >= 4 is 5.97 Å². The fourth-order valence-electron chi connectivity index (χ4n) is 6.76. The molecule has 0 amide bonds. The highest BCUT2D eigenvalue weighted by molar-refractivity contribution is 5.91. The summed E-state index contributed by atoms with van der Waals surface area (Å²) in [5.41, 5.74) is 2.72. The van der Waals surface area contributed by atoms with Crippen molar-refractivity contribution in [1.29, 1.82) is 0 Å². The third-order valence-corrected chi connectivity index (χ3v) is 9.66. The van der Waals surface area contributed by atoms with Crippen LogP contribution < -0.4 is 9.47 Å². The number of esters is 1. The second kappa shape index (κ2) is 16.2. The lowest BCUT2D eigenvalue weighted by Gasteiger charge is -2.54. The second-order valence-corrected chi connectivity index (χ2v) is 12.5. The first-order valence-corrected chi connectivity index (χ1v) is 16.3. The summed E-state index contributed by atoms with van der Waals surface area (Å²) in [5, 5.41) is 0. The minimum absolute atomic E-state index is 0.266. The van der Waals surface area contributed by atoms with Crippen molar-refractivity contribution in [1.82, 2.24) is 0 Å². The lowest BCUT2D eigenvalue weighted by molar-refractivity contribution is 0.00405. The van der Waals surface area contributed by atoms with E-state index in [2.05, 4.69) is 26.0 Å². The Morgan fingerprint density at radius 3 is 2.07 bits per heavy atom. The van der Waals surface area contributed by atoms with Gasteiger partial charge in [0.1, 0.15) is 11.5 Å². The Hall–Kier alpha value is -2.46. The van der Waals surface area contributed by atoms with Crippen LogP contribution in [0.1, 0.15) is 126 Å². The van der Waals surface area contributed by atoms with Crippen LogP contribution >= 0.6 is 0 Å². The largest absolute Gasteiger partial charge is 0.494 e. The molecular weight excluding hydrogens is 508 g/mol. The summed E-state index contributed by atoms with van der Waals surface area (Å²) in [5.74, 6) is 1.04. The zero-order valence-corrected chi connectivity index (χ0v) is 25.5. The number of carbonyl (C=O) groups excluding carboxylic acids is 1. The van der Waals surface area contributed by atoms with E-state index in [0.29, 0.717) is 16.7 Å². The predicted molar refractivity (Wildman–Crippen MR) is 167 cm³/mol. The molecule has 5 rings (SSSR count). The molecule has 41 heavy (non-hydrogen) atoms. The summed E-state index contributed by atoms with van der Waals surface area (Å²) < 4.78 is 17.5. The Kier molecular flexibility index (Phi) is 12.5. The van der Waals surface area contributed by atoms with Crippen LogP contribution in [0.25, 0.3) is 0 Å². The Morgan fingerprint density at radius 1 is 0.756 bits per heavy atom. The normalized spacial score (nSPS) is 21.6. The molecule has 0 aromatic heterocycles. The minimum Gasteiger partial charge on any atom is -0.494 e. The number of rotatable bonds is 19. The molecular formula is C37H52O4. The Morgan fingerprint density at radius 2 is 1.39 bits per heavy atom. The van der Waals surface area contributed by atoms with Gasteiger partial charge in [-0.05, 0) is 111 Å². The van der Waals surface area contributed by atoms with Crippen molar-refractivity contribution in [3.05, 3.63) is 73.0 Å². The number of fused-ring (bicyclic) bond motifs is 3. The van der Waals surface area contributed by atoms with Gasteiger partial charge in [0.2, 0.25) is 0 Å². The average Bonchev–Trinajstić information content (AvgIpc) is 3.02. The number of unbranched alkanes of at least 4 members (excludes halogenated alkanes) is 8. The van der Waals surface area contributed by atoms with Gasteiger partial charge in [0.15, 0.2) is 0 Å². The van der Waals surface area contributed by atoms with E-state index >= 15 is 0 Å². The van der Waals surface area contributed by atoms with E-state index in [4.69, 9.17) is 14.2 Å². The molecule has 0 aliphatic heterocycles. The van der Waals surface area contributed by atoms with Crippen LogP contribution in [-0.2, 0) is 10.2 Å². The van der Waals surface area contributed by atoms with Crippen LogP contribution in [0.5, 0.6) is 11.5 Å². The molecule has 3 fully saturated rings. The van der Waals surface area contributed by atoms with Crippen molar-refractivity contribution < 1.29 is 19.0 Å². The van der Waals surface area contributed by atoms with Crippen LogP contribution in [0, 0.1) is 18.8 Å². The van der Waals surface area contributed by atoms with E-state index in [1.165, 1.54) is 89.0 Å². The van der Waals surface area contributed by atoms with Gasteiger partial charge in [-0.15, -0.1) is 12.8 Å². The highest BCUT2D eigenvalue weighted by atomic mass is 16.5. The summed E-state index contributed by atoms with van der Waals surface area (Å²) in [6.07, 6.45) is 21.6. The van der Waals surface area contributed by atoms with E-state index in [0.717, 1.165) is 44.8 Å². The van der Waals surface area contributed by atoms with E-state index in [-0.39, 0.29) is 11.4 Å². The molecule has 3 saturated carbocycles. The summed E-state index contributed by atoms with van der Waals surface area (Å²) in [4.78, 5) is 12.8. The number of benzene rings is 2. The Balaban J connectivity index is 1.18. The van der Waals surface area contributed by atoms with Gasteiger partial charge in [0.25, 0.3) is 0 Å². The number of hydrogen-bond acceptors (Lipinski definition) is 4.